The first-order valence-corrected chi connectivity index (χ1v) is 5.73. The number of rotatable bonds is 6. The number of anilines is 1. The van der Waals surface area contributed by atoms with E-state index in [4.69, 9.17) is 9.84 Å². The van der Waals surface area contributed by atoms with Crippen molar-refractivity contribution in [3.05, 3.63) is 28.3 Å². The average molecular weight is 254 g/mol. The Morgan fingerprint density at radius 1 is 1.50 bits per heavy atom. The molecule has 0 radical (unpaired) electrons. The van der Waals surface area contributed by atoms with E-state index in [0.717, 1.165) is 0 Å². The molecule has 0 amide bonds. The van der Waals surface area contributed by atoms with E-state index in [1.165, 1.54) is 0 Å². The first-order valence-electron chi connectivity index (χ1n) is 5.73. The molecule has 0 fully saturated rings. The van der Waals surface area contributed by atoms with E-state index in [9.17, 15) is 10.1 Å². The third kappa shape index (κ3) is 3.33. The van der Waals surface area contributed by atoms with E-state index >= 15 is 0 Å². The van der Waals surface area contributed by atoms with E-state index in [2.05, 4.69) is 0 Å². The Hall–Kier alpha value is -1.82. The van der Waals surface area contributed by atoms with Crippen molar-refractivity contribution in [2.45, 2.75) is 20.0 Å². The molecule has 0 atom stereocenters. The monoisotopic (exact) mass is 254 g/mol. The largest absolute Gasteiger partial charge is 0.484 e. The Bertz CT molecular complexity index is 421. The van der Waals surface area contributed by atoms with Crippen LogP contribution in [-0.4, -0.2) is 36.3 Å². The number of aliphatic hydroxyl groups is 1. The van der Waals surface area contributed by atoms with Gasteiger partial charge in [0.05, 0.1) is 17.6 Å². The van der Waals surface area contributed by atoms with Crippen LogP contribution in [0.2, 0.25) is 0 Å². The predicted molar refractivity (Wildman–Crippen MR) is 69.2 cm³/mol. The van der Waals surface area contributed by atoms with Crippen LogP contribution in [0.3, 0.4) is 0 Å². The molecule has 0 saturated carbocycles. The molecular weight excluding hydrogens is 236 g/mol. The molecule has 6 nitrogen and oxygen atoms in total. The van der Waals surface area contributed by atoms with Gasteiger partial charge in [-0.25, -0.2) is 0 Å². The molecule has 0 aromatic heterocycles. The average Bonchev–Trinajstić information content (AvgIpc) is 2.27. The van der Waals surface area contributed by atoms with Gasteiger partial charge >= 0.3 is 5.69 Å². The molecule has 18 heavy (non-hydrogen) atoms. The highest BCUT2D eigenvalue weighted by molar-refractivity contribution is 5.69. The summed E-state index contributed by atoms with van der Waals surface area (Å²) in [6.45, 7) is 3.89. The smallest absolute Gasteiger partial charge is 0.333 e. The molecule has 1 aromatic carbocycles. The van der Waals surface area contributed by atoms with Crippen LogP contribution in [-0.2, 0) is 0 Å². The van der Waals surface area contributed by atoms with Crippen molar-refractivity contribution in [2.24, 2.45) is 0 Å². The minimum atomic E-state index is -0.457. The molecule has 0 saturated heterocycles. The SMILES string of the molecule is CC(C)Oc1cccc(N(C)CCO)c1[N+](=O)[O-]. The summed E-state index contributed by atoms with van der Waals surface area (Å²) in [5.41, 5.74) is 0.370. The number of nitrogens with zero attached hydrogens (tertiary/aromatic N) is 2. The van der Waals surface area contributed by atoms with Crippen molar-refractivity contribution in [3.8, 4) is 5.75 Å². The fraction of sp³-hybridized carbons (Fsp3) is 0.500. The Balaban J connectivity index is 3.21. The summed E-state index contributed by atoms with van der Waals surface area (Å²) in [6, 6.07) is 4.92. The number of ether oxygens (including phenoxy) is 1. The molecule has 0 aliphatic carbocycles. The molecule has 0 heterocycles. The van der Waals surface area contributed by atoms with Gasteiger partial charge in [-0.05, 0) is 26.0 Å². The number of para-hydroxylation sites is 1. The summed E-state index contributed by atoms with van der Waals surface area (Å²) in [5.74, 6) is 0.247. The van der Waals surface area contributed by atoms with Crippen LogP contribution in [0, 0.1) is 10.1 Å². The van der Waals surface area contributed by atoms with Gasteiger partial charge in [-0.1, -0.05) is 6.07 Å². The molecule has 1 rings (SSSR count). The summed E-state index contributed by atoms with van der Waals surface area (Å²) in [5, 5.41) is 20.1. The van der Waals surface area contributed by atoms with E-state index in [1.807, 2.05) is 13.8 Å². The summed E-state index contributed by atoms with van der Waals surface area (Å²) >= 11 is 0. The maximum atomic E-state index is 11.2. The van der Waals surface area contributed by atoms with Gasteiger partial charge in [0.1, 0.15) is 5.69 Å². The van der Waals surface area contributed by atoms with Crippen LogP contribution < -0.4 is 9.64 Å². The van der Waals surface area contributed by atoms with Crippen molar-refractivity contribution in [1.82, 2.24) is 0 Å². The number of benzene rings is 1. The van der Waals surface area contributed by atoms with Crippen molar-refractivity contribution >= 4 is 11.4 Å². The maximum absolute atomic E-state index is 11.2. The maximum Gasteiger partial charge on any atom is 0.333 e. The quantitative estimate of drug-likeness (QED) is 0.619. The Kier molecular flexibility index (Phi) is 4.91. The zero-order valence-corrected chi connectivity index (χ0v) is 10.8. The lowest BCUT2D eigenvalue weighted by Crippen LogP contribution is -2.22. The zero-order chi connectivity index (χ0) is 13.7. The van der Waals surface area contributed by atoms with E-state index in [1.54, 1.807) is 30.1 Å². The fourth-order valence-corrected chi connectivity index (χ4v) is 1.62. The molecule has 6 heteroatoms. The van der Waals surface area contributed by atoms with Crippen molar-refractivity contribution < 1.29 is 14.8 Å². The highest BCUT2D eigenvalue weighted by atomic mass is 16.6. The Morgan fingerprint density at radius 2 is 2.17 bits per heavy atom. The van der Waals surface area contributed by atoms with Gasteiger partial charge in [0.25, 0.3) is 0 Å². The lowest BCUT2D eigenvalue weighted by molar-refractivity contribution is -0.385. The first kappa shape index (κ1) is 14.2. The highest BCUT2D eigenvalue weighted by Crippen LogP contribution is 2.37. The van der Waals surface area contributed by atoms with E-state index in [0.29, 0.717) is 12.2 Å². The van der Waals surface area contributed by atoms with Crippen LogP contribution >= 0.6 is 0 Å². The van der Waals surface area contributed by atoms with Gasteiger partial charge in [-0.15, -0.1) is 0 Å². The minimum absolute atomic E-state index is 0.0665. The third-order valence-corrected chi connectivity index (χ3v) is 2.37. The fourth-order valence-electron chi connectivity index (χ4n) is 1.62. The molecule has 100 valence electrons. The Morgan fingerprint density at radius 3 is 2.67 bits per heavy atom. The number of hydrogen-bond acceptors (Lipinski definition) is 5. The lowest BCUT2D eigenvalue weighted by Gasteiger charge is -2.19. The standard InChI is InChI=1S/C12H18N2O4/c1-9(2)18-11-6-4-5-10(12(11)14(16)17)13(3)7-8-15/h4-6,9,15H,7-8H2,1-3H3. The number of nitro benzene ring substituents is 1. The molecular formula is C12H18N2O4. The Labute approximate surface area is 106 Å². The topological polar surface area (TPSA) is 75.8 Å². The van der Waals surface area contributed by atoms with Gasteiger partial charge in [0, 0.05) is 13.6 Å². The van der Waals surface area contributed by atoms with Crippen LogP contribution in [0.4, 0.5) is 11.4 Å². The number of aliphatic hydroxyl groups excluding tert-OH is 1. The van der Waals surface area contributed by atoms with Crippen LogP contribution in [0.5, 0.6) is 5.75 Å². The van der Waals surface area contributed by atoms with Crippen LogP contribution in [0.25, 0.3) is 0 Å². The highest BCUT2D eigenvalue weighted by Gasteiger charge is 2.23. The van der Waals surface area contributed by atoms with Crippen LogP contribution in [0.15, 0.2) is 18.2 Å². The van der Waals surface area contributed by atoms with E-state index < -0.39 is 4.92 Å². The summed E-state index contributed by atoms with van der Waals surface area (Å²) < 4.78 is 5.44. The molecule has 1 aromatic rings. The zero-order valence-electron chi connectivity index (χ0n) is 10.8. The van der Waals surface area contributed by atoms with Crippen LogP contribution in [0.1, 0.15) is 13.8 Å². The predicted octanol–water partition coefficient (Wildman–Crippen LogP) is 1.81. The van der Waals surface area contributed by atoms with Gasteiger partial charge < -0.3 is 14.7 Å². The molecule has 0 aliphatic heterocycles. The molecule has 0 bridgehead atoms. The summed E-state index contributed by atoms with van der Waals surface area (Å²) in [4.78, 5) is 12.3. The molecule has 0 unspecified atom stereocenters. The van der Waals surface area contributed by atoms with E-state index in [-0.39, 0.29) is 24.1 Å². The van der Waals surface area contributed by atoms with Gasteiger partial charge in [0.15, 0.2) is 5.75 Å². The summed E-state index contributed by atoms with van der Waals surface area (Å²) in [6.07, 6.45) is -0.137. The minimum Gasteiger partial charge on any atom is -0.484 e. The first-order chi connectivity index (χ1) is 8.47. The number of hydrogen-bond donors (Lipinski definition) is 1. The molecule has 0 aliphatic rings. The molecule has 0 spiro atoms. The second-order valence-electron chi connectivity index (χ2n) is 4.19. The summed E-state index contributed by atoms with van der Waals surface area (Å²) in [7, 11) is 1.69. The number of likely N-dealkylation sites (N-methyl/N-ethyl adjacent to an activating group) is 1. The van der Waals surface area contributed by atoms with Crippen molar-refractivity contribution in [2.75, 3.05) is 25.1 Å². The second kappa shape index (κ2) is 6.20. The lowest BCUT2D eigenvalue weighted by atomic mass is 10.2. The van der Waals surface area contributed by atoms with Gasteiger partial charge in [0.2, 0.25) is 0 Å². The van der Waals surface area contributed by atoms with Crippen molar-refractivity contribution in [3.63, 3.8) is 0 Å². The number of nitro groups is 1. The van der Waals surface area contributed by atoms with Gasteiger partial charge in [-0.2, -0.15) is 0 Å². The van der Waals surface area contributed by atoms with Crippen molar-refractivity contribution in [1.29, 1.82) is 0 Å². The van der Waals surface area contributed by atoms with Gasteiger partial charge in [-0.3, -0.25) is 10.1 Å². The normalized spacial score (nSPS) is 10.5. The molecule has 1 N–H and O–H groups in total. The second-order valence-corrected chi connectivity index (χ2v) is 4.19. The third-order valence-electron chi connectivity index (χ3n) is 2.37.